The Kier molecular flexibility index (Phi) is 7.35. The van der Waals surface area contributed by atoms with E-state index < -0.39 is 29.6 Å². The zero-order valence-electron chi connectivity index (χ0n) is 24.8. The number of pyridine rings is 1. The molecule has 4 N–H and O–H groups in total. The van der Waals surface area contributed by atoms with Gasteiger partial charge in [0.15, 0.2) is 5.82 Å². The van der Waals surface area contributed by atoms with Crippen LogP contribution in [0.25, 0.3) is 32.9 Å². The van der Waals surface area contributed by atoms with Gasteiger partial charge in [-0.3, -0.25) is 20.0 Å². The summed E-state index contributed by atoms with van der Waals surface area (Å²) in [5.41, 5.74) is 0.380. The van der Waals surface area contributed by atoms with Crippen molar-refractivity contribution >= 4 is 39.4 Å². The fourth-order valence-electron chi connectivity index (χ4n) is 7.11. The molecule has 5 heterocycles. The Balaban J connectivity index is 1.30. The number of carbonyl (C=O) groups excluding carboxylic acids is 2. The third kappa shape index (κ3) is 5.14. The van der Waals surface area contributed by atoms with E-state index in [1.165, 1.54) is 24.4 Å². The third-order valence-electron chi connectivity index (χ3n) is 9.29. The van der Waals surface area contributed by atoms with Crippen molar-refractivity contribution in [3.05, 3.63) is 47.7 Å². The molecular formula is C32H33F2N7O4. The molecule has 3 saturated heterocycles. The Morgan fingerprint density at radius 3 is 2.69 bits per heavy atom. The highest BCUT2D eigenvalue weighted by molar-refractivity contribution is 6.04. The van der Waals surface area contributed by atoms with Crippen molar-refractivity contribution in [1.29, 1.82) is 0 Å². The molecule has 3 fully saturated rings. The Bertz CT molecular complexity index is 1840. The van der Waals surface area contributed by atoms with E-state index in [1.54, 1.807) is 6.07 Å². The summed E-state index contributed by atoms with van der Waals surface area (Å²) in [4.78, 5) is 39.5. The smallest absolute Gasteiger partial charge is 0.322 e. The molecule has 4 aromatic rings. The molecule has 3 amide bonds. The molecule has 1 unspecified atom stereocenters. The maximum Gasteiger partial charge on any atom is 0.322 e. The number of nitrogens with zero attached hydrogens (tertiary/aromatic N) is 4. The predicted octanol–water partition coefficient (Wildman–Crippen LogP) is 4.41. The van der Waals surface area contributed by atoms with E-state index in [-0.39, 0.29) is 58.2 Å². The number of fused-ring (bicyclic) bond motifs is 3. The maximum absolute atomic E-state index is 16.6. The van der Waals surface area contributed by atoms with E-state index >= 15 is 4.39 Å². The number of amides is 3. The van der Waals surface area contributed by atoms with Crippen molar-refractivity contribution in [2.45, 2.75) is 57.0 Å². The molecular weight excluding hydrogens is 584 g/mol. The van der Waals surface area contributed by atoms with Crippen LogP contribution in [0.15, 0.2) is 30.5 Å². The number of imide groups is 1. The third-order valence-corrected chi connectivity index (χ3v) is 9.29. The highest BCUT2D eigenvalue weighted by Gasteiger charge is 2.45. The van der Waals surface area contributed by atoms with Gasteiger partial charge in [0.1, 0.15) is 41.2 Å². The van der Waals surface area contributed by atoms with Gasteiger partial charge < -0.3 is 20.5 Å². The molecule has 2 aromatic carbocycles. The van der Waals surface area contributed by atoms with Gasteiger partial charge in [-0.1, -0.05) is 13.0 Å². The minimum Gasteiger partial charge on any atom is -0.508 e. The molecule has 234 valence electrons. The van der Waals surface area contributed by atoms with Crippen LogP contribution >= 0.6 is 0 Å². The zero-order chi connectivity index (χ0) is 31.3. The van der Waals surface area contributed by atoms with Gasteiger partial charge in [-0.15, -0.1) is 0 Å². The number of anilines is 1. The number of aryl methyl sites for hydroxylation is 1. The van der Waals surface area contributed by atoms with E-state index in [2.05, 4.69) is 35.8 Å². The molecule has 1 atom stereocenters. The first kappa shape index (κ1) is 29.1. The summed E-state index contributed by atoms with van der Waals surface area (Å²) in [5.74, 6) is -1.48. The van der Waals surface area contributed by atoms with Crippen molar-refractivity contribution in [2.24, 2.45) is 0 Å². The van der Waals surface area contributed by atoms with Crippen molar-refractivity contribution in [2.75, 3.05) is 31.6 Å². The molecule has 0 spiro atoms. The number of nitrogens with one attached hydrogen (secondary N) is 3. The fraction of sp³-hybridized carbons (Fsp3) is 0.406. The second-order valence-electron chi connectivity index (χ2n) is 11.9. The van der Waals surface area contributed by atoms with Crippen molar-refractivity contribution in [3.63, 3.8) is 0 Å². The molecule has 7 rings (SSSR count). The second-order valence-corrected chi connectivity index (χ2v) is 11.9. The second kappa shape index (κ2) is 11.4. The molecule has 3 aliphatic rings. The van der Waals surface area contributed by atoms with Gasteiger partial charge in [0, 0.05) is 18.3 Å². The number of ether oxygens (including phenoxy) is 1. The van der Waals surface area contributed by atoms with Gasteiger partial charge in [0.2, 0.25) is 0 Å². The highest BCUT2D eigenvalue weighted by atomic mass is 19.1. The predicted molar refractivity (Wildman–Crippen MR) is 163 cm³/mol. The van der Waals surface area contributed by atoms with E-state index in [0.29, 0.717) is 29.4 Å². The molecule has 3 aliphatic heterocycles. The lowest BCUT2D eigenvalue weighted by atomic mass is 9.94. The van der Waals surface area contributed by atoms with Crippen LogP contribution in [0.4, 0.5) is 19.4 Å². The number of phenolic OH excluding ortho intramolecular Hbond substituents is 1. The number of halogens is 2. The molecule has 45 heavy (non-hydrogen) atoms. The summed E-state index contributed by atoms with van der Waals surface area (Å²) >= 11 is 0. The average Bonchev–Trinajstić information content (AvgIpc) is 3.70. The topological polar surface area (TPSA) is 142 Å². The number of rotatable bonds is 9. The van der Waals surface area contributed by atoms with Crippen LogP contribution in [-0.4, -0.2) is 74.7 Å². The van der Waals surface area contributed by atoms with Gasteiger partial charge in [-0.25, -0.2) is 13.6 Å². The normalized spacial score (nSPS) is 19.2. The fourth-order valence-corrected chi connectivity index (χ4v) is 7.11. The SMILES string of the molecule is CCc1c(F)ccc2cc(O)cc(-c3ncc4c(NCCC5NC(=O)NC5=O)nc(OCC56CCCN5CCC6)nc4c3F)c12. The number of urea groups is 1. The summed E-state index contributed by atoms with van der Waals surface area (Å²) in [6, 6.07) is 4.49. The summed E-state index contributed by atoms with van der Waals surface area (Å²) in [6.45, 7) is 4.43. The minimum absolute atomic E-state index is 0.0119. The summed E-state index contributed by atoms with van der Waals surface area (Å²) in [5, 5.41) is 19.7. The quantitative estimate of drug-likeness (QED) is 0.201. The van der Waals surface area contributed by atoms with Gasteiger partial charge in [0.25, 0.3) is 5.91 Å². The Labute approximate surface area is 257 Å². The van der Waals surface area contributed by atoms with Crippen LogP contribution in [0.1, 0.15) is 44.6 Å². The number of aromatic nitrogens is 3. The van der Waals surface area contributed by atoms with Crippen LogP contribution in [-0.2, 0) is 11.2 Å². The van der Waals surface area contributed by atoms with Gasteiger partial charge in [-0.05, 0) is 86.1 Å². The minimum atomic E-state index is -0.773. The first-order chi connectivity index (χ1) is 21.8. The van der Waals surface area contributed by atoms with Crippen molar-refractivity contribution in [3.8, 4) is 23.0 Å². The van der Waals surface area contributed by atoms with Gasteiger partial charge in [0.05, 0.1) is 10.9 Å². The largest absolute Gasteiger partial charge is 0.508 e. The summed E-state index contributed by atoms with van der Waals surface area (Å²) < 4.78 is 37.7. The first-order valence-corrected chi connectivity index (χ1v) is 15.3. The maximum atomic E-state index is 16.6. The molecule has 11 nitrogen and oxygen atoms in total. The summed E-state index contributed by atoms with van der Waals surface area (Å²) in [6.07, 6.45) is 6.21. The van der Waals surface area contributed by atoms with E-state index in [9.17, 15) is 19.1 Å². The molecule has 0 radical (unpaired) electrons. The molecule has 0 bridgehead atoms. The Hall–Kier alpha value is -4.65. The van der Waals surface area contributed by atoms with Crippen molar-refractivity contribution < 1.29 is 28.2 Å². The Morgan fingerprint density at radius 2 is 1.96 bits per heavy atom. The van der Waals surface area contributed by atoms with E-state index in [1.807, 2.05) is 6.92 Å². The van der Waals surface area contributed by atoms with Crippen LogP contribution in [0.3, 0.4) is 0 Å². The zero-order valence-corrected chi connectivity index (χ0v) is 24.8. The number of aromatic hydroxyl groups is 1. The first-order valence-electron chi connectivity index (χ1n) is 15.3. The number of benzene rings is 2. The summed E-state index contributed by atoms with van der Waals surface area (Å²) in [7, 11) is 0. The number of hydrogen-bond acceptors (Lipinski definition) is 9. The van der Waals surface area contributed by atoms with E-state index in [0.717, 1.165) is 38.8 Å². The van der Waals surface area contributed by atoms with Crippen LogP contribution in [0.5, 0.6) is 11.8 Å². The highest BCUT2D eigenvalue weighted by Crippen LogP contribution is 2.40. The van der Waals surface area contributed by atoms with Crippen LogP contribution in [0, 0.1) is 11.6 Å². The van der Waals surface area contributed by atoms with Crippen molar-refractivity contribution in [1.82, 2.24) is 30.5 Å². The number of carbonyl (C=O) groups is 2. The standard InChI is InChI=1S/C32H33F2N7O4/c1-2-19-22(33)6-5-17-13-18(42)14-20(24(17)19)26-25(34)27-21(15-36-26)28(35-10-7-23-29(43)40-30(44)37-23)39-31(38-27)45-16-32-8-3-11-41(32)12-4-9-32/h5-6,13-15,23,42H,2-4,7-12,16H2,1H3,(H,35,38,39)(H2,37,40,43,44). The number of phenols is 1. The molecule has 13 heteroatoms. The number of hydrogen-bond donors (Lipinski definition) is 4. The van der Waals surface area contributed by atoms with Crippen LogP contribution < -0.4 is 20.7 Å². The molecule has 2 aromatic heterocycles. The van der Waals surface area contributed by atoms with E-state index in [4.69, 9.17) is 4.74 Å². The monoisotopic (exact) mass is 617 g/mol. The van der Waals surface area contributed by atoms with Gasteiger partial charge in [-0.2, -0.15) is 9.97 Å². The molecule has 0 saturated carbocycles. The lowest BCUT2D eigenvalue weighted by molar-refractivity contribution is -0.120. The molecule has 0 aliphatic carbocycles. The Morgan fingerprint density at radius 1 is 1.16 bits per heavy atom. The lowest BCUT2D eigenvalue weighted by Gasteiger charge is -2.31. The lowest BCUT2D eigenvalue weighted by Crippen LogP contribution is -2.43. The van der Waals surface area contributed by atoms with Crippen LogP contribution in [0.2, 0.25) is 0 Å². The van der Waals surface area contributed by atoms with Gasteiger partial charge >= 0.3 is 12.0 Å². The average molecular weight is 618 g/mol.